The molecule has 1 aliphatic carbocycles. The minimum Gasteiger partial charge on any atom is -0.444 e. The highest BCUT2D eigenvalue weighted by Gasteiger charge is 2.53. The second-order valence-electron chi connectivity index (χ2n) is 11.2. The summed E-state index contributed by atoms with van der Waals surface area (Å²) in [5, 5.41) is 0. The summed E-state index contributed by atoms with van der Waals surface area (Å²) >= 11 is 0. The van der Waals surface area contributed by atoms with Crippen LogP contribution in [0.2, 0.25) is 0 Å². The van der Waals surface area contributed by atoms with Gasteiger partial charge in [-0.1, -0.05) is 6.08 Å². The maximum atomic E-state index is 14.6. The molecule has 1 amide bonds. The monoisotopic (exact) mass is 409 g/mol. The first-order valence-electron chi connectivity index (χ1n) is 10.9. The number of allylic oxidation sites excluding steroid dienone is 1. The van der Waals surface area contributed by atoms with E-state index in [1.54, 1.807) is 6.08 Å². The van der Waals surface area contributed by atoms with Crippen molar-refractivity contribution in [1.29, 1.82) is 0 Å². The molecule has 2 aliphatic heterocycles. The number of nitrogens with zero attached hydrogens (tertiary/aromatic N) is 1. The molecule has 0 atom stereocenters. The quantitative estimate of drug-likeness (QED) is 0.595. The molecule has 7 heteroatoms. The summed E-state index contributed by atoms with van der Waals surface area (Å²) < 4.78 is 31.6. The Morgan fingerprint density at radius 3 is 2.14 bits per heavy atom. The van der Waals surface area contributed by atoms with Gasteiger partial charge in [-0.15, -0.1) is 0 Å². The zero-order valence-electron chi connectivity index (χ0n) is 19.1. The highest BCUT2D eigenvalue weighted by molar-refractivity contribution is 6.53. The third-order valence-corrected chi connectivity index (χ3v) is 7.04. The molecule has 0 aromatic carbocycles. The van der Waals surface area contributed by atoms with E-state index in [4.69, 9.17) is 14.0 Å². The van der Waals surface area contributed by atoms with Crippen LogP contribution in [-0.2, 0) is 14.0 Å². The van der Waals surface area contributed by atoms with Gasteiger partial charge in [0.1, 0.15) is 11.3 Å². The van der Waals surface area contributed by atoms with E-state index < -0.39 is 23.9 Å². The maximum absolute atomic E-state index is 14.6. The van der Waals surface area contributed by atoms with E-state index in [9.17, 15) is 9.18 Å². The third kappa shape index (κ3) is 4.99. The lowest BCUT2D eigenvalue weighted by atomic mass is 9.56. The molecule has 2 heterocycles. The number of piperidine rings is 1. The molecule has 1 spiro atoms. The number of halogens is 1. The Hall–Kier alpha value is -1.08. The molecule has 0 unspecified atom stereocenters. The molecule has 3 aliphatic rings. The topological polar surface area (TPSA) is 48.0 Å². The predicted molar refractivity (Wildman–Crippen MR) is 112 cm³/mol. The van der Waals surface area contributed by atoms with Gasteiger partial charge in [-0.25, -0.2) is 9.18 Å². The summed E-state index contributed by atoms with van der Waals surface area (Å²) in [6, 6.07) is 0. The molecule has 3 rings (SSSR count). The van der Waals surface area contributed by atoms with Crippen molar-refractivity contribution in [2.75, 3.05) is 13.1 Å². The van der Waals surface area contributed by atoms with E-state index in [1.165, 1.54) is 0 Å². The highest BCUT2D eigenvalue weighted by Crippen LogP contribution is 2.54. The molecule has 29 heavy (non-hydrogen) atoms. The van der Waals surface area contributed by atoms with Crippen LogP contribution in [0.5, 0.6) is 0 Å². The van der Waals surface area contributed by atoms with Crippen molar-refractivity contribution in [3.63, 3.8) is 0 Å². The number of ether oxygens (including phenoxy) is 1. The summed E-state index contributed by atoms with van der Waals surface area (Å²) in [7, 11) is -0.897. The number of hydrogen-bond acceptors (Lipinski definition) is 4. The van der Waals surface area contributed by atoms with Crippen molar-refractivity contribution in [2.45, 2.75) is 97.4 Å². The predicted octanol–water partition coefficient (Wildman–Crippen LogP) is 5.29. The molecule has 0 radical (unpaired) electrons. The molecule has 2 saturated heterocycles. The fourth-order valence-corrected chi connectivity index (χ4v) is 4.56. The summed E-state index contributed by atoms with van der Waals surface area (Å²) in [5.41, 5.74) is -1.50. The van der Waals surface area contributed by atoms with Crippen LogP contribution in [0.15, 0.2) is 11.8 Å². The first-order chi connectivity index (χ1) is 13.2. The van der Waals surface area contributed by atoms with Gasteiger partial charge in [-0.3, -0.25) is 0 Å². The van der Waals surface area contributed by atoms with Crippen LogP contribution in [0, 0.1) is 11.3 Å². The fourth-order valence-electron chi connectivity index (χ4n) is 4.56. The van der Waals surface area contributed by atoms with E-state index in [2.05, 4.69) is 0 Å². The van der Waals surface area contributed by atoms with E-state index >= 15 is 0 Å². The molecule has 0 aromatic heterocycles. The van der Waals surface area contributed by atoms with Crippen molar-refractivity contribution in [2.24, 2.45) is 11.3 Å². The minimum atomic E-state index is -0.897. The van der Waals surface area contributed by atoms with Gasteiger partial charge in [0.05, 0.1) is 11.2 Å². The van der Waals surface area contributed by atoms with Crippen LogP contribution < -0.4 is 0 Å². The van der Waals surface area contributed by atoms with Gasteiger partial charge in [-0.05, 0) is 91.9 Å². The zero-order valence-corrected chi connectivity index (χ0v) is 19.1. The molecule has 0 aromatic rings. The van der Waals surface area contributed by atoms with Crippen LogP contribution >= 0.6 is 0 Å². The lowest BCUT2D eigenvalue weighted by Gasteiger charge is -2.52. The average molecular weight is 409 g/mol. The third-order valence-electron chi connectivity index (χ3n) is 7.04. The molecule has 0 N–H and O–H groups in total. The maximum Gasteiger partial charge on any atom is 0.524 e. The second kappa shape index (κ2) is 7.56. The molecule has 1 saturated carbocycles. The average Bonchev–Trinajstić information content (AvgIpc) is 2.77. The molecular formula is C22H37BFNO4. The first kappa shape index (κ1) is 22.6. The van der Waals surface area contributed by atoms with Crippen LogP contribution in [0.3, 0.4) is 0 Å². The Bertz CT molecular complexity index is 638. The van der Waals surface area contributed by atoms with E-state index in [-0.39, 0.29) is 11.8 Å². The second-order valence-corrected chi connectivity index (χ2v) is 11.2. The van der Waals surface area contributed by atoms with E-state index in [0.717, 1.165) is 38.8 Å². The normalized spacial score (nSPS) is 26.6. The van der Waals surface area contributed by atoms with Crippen LogP contribution in [0.1, 0.15) is 80.6 Å². The van der Waals surface area contributed by atoms with E-state index in [1.807, 2.05) is 53.4 Å². The molecular weight excluding hydrogens is 372 g/mol. The Morgan fingerprint density at radius 1 is 1.14 bits per heavy atom. The van der Waals surface area contributed by atoms with Crippen molar-refractivity contribution in [1.82, 2.24) is 4.90 Å². The molecule has 5 nitrogen and oxygen atoms in total. The summed E-state index contributed by atoms with van der Waals surface area (Å²) in [5.74, 6) is 0.497. The van der Waals surface area contributed by atoms with Crippen LogP contribution in [0.4, 0.5) is 9.18 Å². The number of carbonyl (C=O) groups excluding carboxylic acids is 1. The Kier molecular flexibility index (Phi) is 5.89. The summed E-state index contributed by atoms with van der Waals surface area (Å²) in [6.45, 7) is 14.9. The minimum absolute atomic E-state index is 0.212. The van der Waals surface area contributed by atoms with Gasteiger partial charge >= 0.3 is 13.2 Å². The SMILES string of the molecule is CC(C)(C)OC(=O)N1CCC2(CC1)CC(CC=C(F)B1OC(C)(C)C(C)(C)O1)C2. The van der Waals surface area contributed by atoms with Crippen molar-refractivity contribution in [3.05, 3.63) is 11.8 Å². The first-order valence-corrected chi connectivity index (χ1v) is 10.9. The summed E-state index contributed by atoms with van der Waals surface area (Å²) in [4.78, 5) is 14.0. The zero-order chi connectivity index (χ0) is 21.7. The molecule has 164 valence electrons. The van der Waals surface area contributed by atoms with Gasteiger partial charge in [0.2, 0.25) is 0 Å². The summed E-state index contributed by atoms with van der Waals surface area (Å²) in [6.07, 6.45) is 6.36. The standard InChI is InChI=1S/C22H37BFNO4/c1-19(2,3)27-18(26)25-12-10-22(11-13-25)14-16(15-22)8-9-17(24)23-28-20(4,5)21(6,7)29-23/h9,16H,8,10-15H2,1-7H3. The fraction of sp³-hybridized carbons (Fsp3) is 0.864. The van der Waals surface area contributed by atoms with Crippen LogP contribution in [-0.4, -0.2) is 48.0 Å². The van der Waals surface area contributed by atoms with Gasteiger partial charge in [0.25, 0.3) is 0 Å². The van der Waals surface area contributed by atoms with Crippen molar-refractivity contribution in [3.8, 4) is 0 Å². The Labute approximate surface area is 175 Å². The number of hydrogen-bond donors (Lipinski definition) is 0. The van der Waals surface area contributed by atoms with Crippen LogP contribution in [0.25, 0.3) is 0 Å². The van der Waals surface area contributed by atoms with E-state index in [0.29, 0.717) is 17.8 Å². The van der Waals surface area contributed by atoms with Gasteiger partial charge in [0.15, 0.2) is 0 Å². The lowest BCUT2D eigenvalue weighted by Crippen LogP contribution is -2.49. The van der Waals surface area contributed by atoms with Gasteiger partial charge < -0.3 is 18.9 Å². The number of carbonyl (C=O) groups is 1. The lowest BCUT2D eigenvalue weighted by molar-refractivity contribution is -0.0264. The number of likely N-dealkylation sites (tertiary alicyclic amines) is 1. The highest BCUT2D eigenvalue weighted by atomic mass is 19.1. The van der Waals surface area contributed by atoms with Gasteiger partial charge in [0, 0.05) is 13.1 Å². The Balaban J connectivity index is 1.43. The largest absolute Gasteiger partial charge is 0.524 e. The number of amides is 1. The number of rotatable bonds is 3. The molecule has 3 fully saturated rings. The Morgan fingerprint density at radius 2 is 1.66 bits per heavy atom. The van der Waals surface area contributed by atoms with Gasteiger partial charge in [-0.2, -0.15) is 0 Å². The molecule has 0 bridgehead atoms. The van der Waals surface area contributed by atoms with Crippen molar-refractivity contribution >= 4 is 13.2 Å². The van der Waals surface area contributed by atoms with Crippen molar-refractivity contribution < 1.29 is 23.2 Å². The smallest absolute Gasteiger partial charge is 0.444 e.